The molecule has 1 aromatic rings. The first-order chi connectivity index (χ1) is 8.82. The van der Waals surface area contributed by atoms with Gasteiger partial charge in [-0.15, -0.1) is 0 Å². The Morgan fingerprint density at radius 2 is 1.84 bits per heavy atom. The van der Waals surface area contributed by atoms with E-state index >= 15 is 0 Å². The highest BCUT2D eigenvalue weighted by atomic mass is 19.1. The van der Waals surface area contributed by atoms with Gasteiger partial charge in [-0.25, -0.2) is 4.39 Å². The van der Waals surface area contributed by atoms with E-state index in [1.165, 1.54) is 12.1 Å². The molecule has 0 radical (unpaired) electrons. The standard InChI is InChI=1S/C16H22FNO/c1-6-14(11-18-12(2)16(3,4)5)19-15-9-7-13(17)8-10-15/h6-12H,1-5H3/b14-6+,18-11?. The predicted molar refractivity (Wildman–Crippen MR) is 78.2 cm³/mol. The van der Waals surface area contributed by atoms with Crippen LogP contribution in [0.5, 0.6) is 5.75 Å². The summed E-state index contributed by atoms with van der Waals surface area (Å²) in [6.45, 7) is 10.4. The second-order valence-corrected chi connectivity index (χ2v) is 5.57. The van der Waals surface area contributed by atoms with Crippen LogP contribution < -0.4 is 4.74 Å². The van der Waals surface area contributed by atoms with Crippen molar-refractivity contribution in [3.05, 3.63) is 41.9 Å². The fourth-order valence-electron chi connectivity index (χ4n) is 1.21. The van der Waals surface area contributed by atoms with E-state index in [2.05, 4.69) is 32.7 Å². The largest absolute Gasteiger partial charge is 0.456 e. The number of hydrogen-bond donors (Lipinski definition) is 0. The Balaban J connectivity index is 2.70. The number of aliphatic imine (C=N–C) groups is 1. The fourth-order valence-corrected chi connectivity index (χ4v) is 1.21. The Labute approximate surface area is 115 Å². The van der Waals surface area contributed by atoms with Crippen LogP contribution in [0.25, 0.3) is 0 Å². The van der Waals surface area contributed by atoms with E-state index in [-0.39, 0.29) is 17.3 Å². The zero-order chi connectivity index (χ0) is 14.5. The quantitative estimate of drug-likeness (QED) is 0.574. The molecule has 0 aliphatic rings. The van der Waals surface area contributed by atoms with Gasteiger partial charge in [0.2, 0.25) is 0 Å². The smallest absolute Gasteiger partial charge is 0.140 e. The molecule has 104 valence electrons. The highest BCUT2D eigenvalue weighted by Gasteiger charge is 2.18. The monoisotopic (exact) mass is 263 g/mol. The normalized spacial score (nSPS) is 14.7. The minimum absolute atomic E-state index is 0.116. The van der Waals surface area contributed by atoms with Gasteiger partial charge in [0.25, 0.3) is 0 Å². The first kappa shape index (κ1) is 15.4. The summed E-state index contributed by atoms with van der Waals surface area (Å²) in [5, 5.41) is 0. The maximum absolute atomic E-state index is 12.8. The average Bonchev–Trinajstić information content (AvgIpc) is 2.35. The van der Waals surface area contributed by atoms with Crippen molar-refractivity contribution < 1.29 is 9.13 Å². The van der Waals surface area contributed by atoms with Crippen LogP contribution in [-0.2, 0) is 0 Å². The summed E-state index contributed by atoms with van der Waals surface area (Å²) in [6, 6.07) is 6.13. The summed E-state index contributed by atoms with van der Waals surface area (Å²) in [6.07, 6.45) is 3.56. The summed E-state index contributed by atoms with van der Waals surface area (Å²) in [7, 11) is 0. The Morgan fingerprint density at radius 3 is 2.32 bits per heavy atom. The molecule has 19 heavy (non-hydrogen) atoms. The molecule has 0 amide bonds. The first-order valence-electron chi connectivity index (χ1n) is 6.46. The predicted octanol–water partition coefficient (Wildman–Crippen LogP) is 4.61. The summed E-state index contributed by atoms with van der Waals surface area (Å²) in [5.41, 5.74) is 0.116. The lowest BCUT2D eigenvalue weighted by Crippen LogP contribution is -2.21. The molecule has 1 aromatic carbocycles. The van der Waals surface area contributed by atoms with Crippen molar-refractivity contribution >= 4 is 6.21 Å². The summed E-state index contributed by atoms with van der Waals surface area (Å²) < 4.78 is 18.4. The first-order valence-corrected chi connectivity index (χ1v) is 6.46. The van der Waals surface area contributed by atoms with E-state index in [9.17, 15) is 4.39 Å². The van der Waals surface area contributed by atoms with Crippen LogP contribution in [0, 0.1) is 11.2 Å². The molecular weight excluding hydrogens is 241 g/mol. The summed E-state index contributed by atoms with van der Waals surface area (Å²) in [5.74, 6) is 0.983. The Bertz CT molecular complexity index is 455. The second kappa shape index (κ2) is 6.50. The van der Waals surface area contributed by atoms with Crippen LogP contribution >= 0.6 is 0 Å². The Hall–Kier alpha value is -1.64. The van der Waals surface area contributed by atoms with E-state index in [4.69, 9.17) is 4.74 Å². The molecule has 0 bridgehead atoms. The SMILES string of the molecule is C/C=C(\C=NC(C)C(C)(C)C)Oc1ccc(F)cc1. The maximum atomic E-state index is 12.8. The van der Waals surface area contributed by atoms with Gasteiger partial charge in [0.05, 0.1) is 12.3 Å². The second-order valence-electron chi connectivity index (χ2n) is 5.57. The van der Waals surface area contributed by atoms with Crippen LogP contribution in [0.1, 0.15) is 34.6 Å². The molecule has 2 nitrogen and oxygen atoms in total. The van der Waals surface area contributed by atoms with Crippen molar-refractivity contribution in [3.63, 3.8) is 0 Å². The van der Waals surface area contributed by atoms with Crippen LogP contribution in [-0.4, -0.2) is 12.3 Å². The minimum Gasteiger partial charge on any atom is -0.456 e. The van der Waals surface area contributed by atoms with Crippen molar-refractivity contribution in [3.8, 4) is 5.75 Å². The molecule has 1 rings (SSSR count). The zero-order valence-corrected chi connectivity index (χ0v) is 12.3. The number of nitrogens with zero attached hydrogens (tertiary/aromatic N) is 1. The molecule has 0 spiro atoms. The van der Waals surface area contributed by atoms with Gasteiger partial charge in [0, 0.05) is 0 Å². The molecule has 1 unspecified atom stereocenters. The lowest BCUT2D eigenvalue weighted by molar-refractivity contribution is 0.341. The molecule has 0 saturated heterocycles. The molecule has 0 aliphatic heterocycles. The summed E-state index contributed by atoms with van der Waals surface area (Å²) in [4.78, 5) is 4.49. The number of benzene rings is 1. The van der Waals surface area contributed by atoms with E-state index in [0.29, 0.717) is 11.5 Å². The van der Waals surface area contributed by atoms with E-state index in [1.807, 2.05) is 13.0 Å². The number of rotatable bonds is 4. The van der Waals surface area contributed by atoms with E-state index < -0.39 is 0 Å². The highest BCUT2D eigenvalue weighted by Crippen LogP contribution is 2.21. The van der Waals surface area contributed by atoms with Crippen molar-refractivity contribution in [1.29, 1.82) is 0 Å². The minimum atomic E-state index is -0.274. The van der Waals surface area contributed by atoms with Gasteiger partial charge >= 0.3 is 0 Å². The van der Waals surface area contributed by atoms with Gasteiger partial charge in [-0.1, -0.05) is 20.8 Å². The number of ether oxygens (including phenoxy) is 1. The third kappa shape index (κ3) is 5.25. The zero-order valence-electron chi connectivity index (χ0n) is 12.3. The number of halogens is 1. The van der Waals surface area contributed by atoms with Gasteiger partial charge in [0.1, 0.15) is 17.3 Å². The van der Waals surface area contributed by atoms with E-state index in [1.54, 1.807) is 18.3 Å². The molecule has 0 aliphatic carbocycles. The van der Waals surface area contributed by atoms with Crippen molar-refractivity contribution in [2.45, 2.75) is 40.7 Å². The van der Waals surface area contributed by atoms with Crippen molar-refractivity contribution in [2.24, 2.45) is 10.4 Å². The van der Waals surface area contributed by atoms with Crippen molar-refractivity contribution in [2.75, 3.05) is 0 Å². The Morgan fingerprint density at radius 1 is 1.26 bits per heavy atom. The molecule has 0 N–H and O–H groups in total. The highest BCUT2D eigenvalue weighted by molar-refractivity contribution is 5.76. The number of hydrogen-bond acceptors (Lipinski definition) is 2. The molecule has 3 heteroatoms. The third-order valence-electron chi connectivity index (χ3n) is 3.01. The topological polar surface area (TPSA) is 21.6 Å². The van der Waals surface area contributed by atoms with Gasteiger partial charge < -0.3 is 4.74 Å². The van der Waals surface area contributed by atoms with Crippen molar-refractivity contribution in [1.82, 2.24) is 0 Å². The van der Waals surface area contributed by atoms with Gasteiger partial charge in [0.15, 0.2) is 0 Å². The molecular formula is C16H22FNO. The fraction of sp³-hybridized carbons (Fsp3) is 0.438. The Kier molecular flexibility index (Phi) is 5.28. The van der Waals surface area contributed by atoms with Gasteiger partial charge in [-0.05, 0) is 49.6 Å². The maximum Gasteiger partial charge on any atom is 0.140 e. The van der Waals surface area contributed by atoms with Gasteiger partial charge in [-0.2, -0.15) is 0 Å². The summed E-state index contributed by atoms with van der Waals surface area (Å²) >= 11 is 0. The lowest BCUT2D eigenvalue weighted by atomic mass is 9.88. The molecule has 0 saturated carbocycles. The van der Waals surface area contributed by atoms with Gasteiger partial charge in [-0.3, -0.25) is 4.99 Å². The third-order valence-corrected chi connectivity index (χ3v) is 3.01. The van der Waals surface area contributed by atoms with Crippen LogP contribution in [0.4, 0.5) is 4.39 Å². The average molecular weight is 263 g/mol. The van der Waals surface area contributed by atoms with E-state index in [0.717, 1.165) is 0 Å². The van der Waals surface area contributed by atoms with Crippen LogP contribution in [0.3, 0.4) is 0 Å². The molecule has 0 aromatic heterocycles. The lowest BCUT2D eigenvalue weighted by Gasteiger charge is -2.23. The molecule has 0 fully saturated rings. The molecule has 0 heterocycles. The number of allylic oxidation sites excluding steroid dienone is 2. The molecule has 1 atom stereocenters. The van der Waals surface area contributed by atoms with Crippen LogP contribution in [0.2, 0.25) is 0 Å². The van der Waals surface area contributed by atoms with Crippen LogP contribution in [0.15, 0.2) is 41.1 Å².